The van der Waals surface area contributed by atoms with Gasteiger partial charge in [-0.05, 0) is 11.6 Å². The first kappa shape index (κ1) is 15.8. The standard InChI is InChI=1S/C21H18N2OS/c24-20(12-11-16-7-3-1-4-8-16)23-14-13-18-19(15-23)25-21(22-18)17-9-5-2-6-10-17/h1-12H,13-15H2/b12-11+. The van der Waals surface area contributed by atoms with Gasteiger partial charge >= 0.3 is 0 Å². The van der Waals surface area contributed by atoms with Crippen molar-refractivity contribution in [2.45, 2.75) is 13.0 Å². The van der Waals surface area contributed by atoms with Crippen molar-refractivity contribution >= 4 is 23.3 Å². The van der Waals surface area contributed by atoms with E-state index in [2.05, 4.69) is 12.1 Å². The van der Waals surface area contributed by atoms with E-state index in [-0.39, 0.29) is 5.91 Å². The number of fused-ring (bicyclic) bond motifs is 1. The van der Waals surface area contributed by atoms with Gasteiger partial charge in [-0.25, -0.2) is 4.98 Å². The van der Waals surface area contributed by atoms with Crippen LogP contribution in [0.5, 0.6) is 0 Å². The highest BCUT2D eigenvalue weighted by Gasteiger charge is 2.23. The van der Waals surface area contributed by atoms with Crippen LogP contribution in [-0.4, -0.2) is 22.3 Å². The first-order valence-corrected chi connectivity index (χ1v) is 9.17. The first-order valence-electron chi connectivity index (χ1n) is 8.35. The Labute approximate surface area is 151 Å². The minimum Gasteiger partial charge on any atom is -0.334 e. The molecule has 4 rings (SSSR count). The van der Waals surface area contributed by atoms with Crippen molar-refractivity contribution < 1.29 is 4.79 Å². The number of nitrogens with zero attached hydrogens (tertiary/aromatic N) is 2. The Morgan fingerprint density at radius 1 is 1.04 bits per heavy atom. The van der Waals surface area contributed by atoms with Crippen LogP contribution in [0, 0.1) is 0 Å². The quantitative estimate of drug-likeness (QED) is 0.658. The molecule has 1 amide bonds. The zero-order valence-corrected chi connectivity index (χ0v) is 14.6. The number of rotatable bonds is 3. The Hall–Kier alpha value is -2.72. The number of hydrogen-bond donors (Lipinski definition) is 0. The van der Waals surface area contributed by atoms with Gasteiger partial charge in [0.1, 0.15) is 5.01 Å². The molecule has 0 bridgehead atoms. The molecule has 0 saturated heterocycles. The Balaban J connectivity index is 1.48. The van der Waals surface area contributed by atoms with Crippen LogP contribution in [0.3, 0.4) is 0 Å². The molecule has 3 aromatic rings. The Bertz CT molecular complexity index is 900. The van der Waals surface area contributed by atoms with Gasteiger partial charge in [-0.15, -0.1) is 11.3 Å². The number of thiazole rings is 1. The highest BCUT2D eigenvalue weighted by molar-refractivity contribution is 7.15. The molecule has 0 saturated carbocycles. The van der Waals surface area contributed by atoms with Gasteiger partial charge in [-0.3, -0.25) is 4.79 Å². The van der Waals surface area contributed by atoms with E-state index in [1.165, 1.54) is 4.88 Å². The zero-order valence-electron chi connectivity index (χ0n) is 13.8. The summed E-state index contributed by atoms with van der Waals surface area (Å²) in [5.41, 5.74) is 3.32. The van der Waals surface area contributed by atoms with Crippen molar-refractivity contribution in [3.8, 4) is 10.6 Å². The van der Waals surface area contributed by atoms with Gasteiger partial charge in [0.15, 0.2) is 0 Å². The molecular formula is C21H18N2OS. The SMILES string of the molecule is O=C(/C=C/c1ccccc1)N1CCc2nc(-c3ccccc3)sc2C1. The summed E-state index contributed by atoms with van der Waals surface area (Å²) in [4.78, 5) is 20.4. The van der Waals surface area contributed by atoms with Crippen molar-refractivity contribution in [2.75, 3.05) is 6.54 Å². The molecule has 25 heavy (non-hydrogen) atoms. The molecule has 1 aliphatic rings. The number of carbonyl (C=O) groups excluding carboxylic acids is 1. The minimum absolute atomic E-state index is 0.0594. The van der Waals surface area contributed by atoms with Gasteiger partial charge < -0.3 is 4.90 Å². The molecule has 0 aliphatic carbocycles. The van der Waals surface area contributed by atoms with Crippen LogP contribution in [0.15, 0.2) is 66.7 Å². The summed E-state index contributed by atoms with van der Waals surface area (Å²) in [6, 6.07) is 20.1. The molecule has 0 spiro atoms. The summed E-state index contributed by atoms with van der Waals surface area (Å²) in [5, 5.41) is 1.04. The summed E-state index contributed by atoms with van der Waals surface area (Å²) in [5.74, 6) is 0.0594. The number of aromatic nitrogens is 1. The molecule has 124 valence electrons. The lowest BCUT2D eigenvalue weighted by molar-refractivity contribution is -0.126. The topological polar surface area (TPSA) is 33.2 Å². The van der Waals surface area contributed by atoms with E-state index in [4.69, 9.17) is 4.98 Å². The smallest absolute Gasteiger partial charge is 0.246 e. The lowest BCUT2D eigenvalue weighted by Crippen LogP contribution is -2.34. The highest BCUT2D eigenvalue weighted by Crippen LogP contribution is 2.31. The van der Waals surface area contributed by atoms with Crippen LogP contribution < -0.4 is 0 Å². The maximum Gasteiger partial charge on any atom is 0.246 e. The number of benzene rings is 2. The predicted molar refractivity (Wildman–Crippen MR) is 102 cm³/mol. The van der Waals surface area contributed by atoms with Crippen molar-refractivity contribution in [2.24, 2.45) is 0 Å². The van der Waals surface area contributed by atoms with Crippen LogP contribution >= 0.6 is 11.3 Å². The average Bonchev–Trinajstić information content (AvgIpc) is 3.11. The summed E-state index contributed by atoms with van der Waals surface area (Å²) < 4.78 is 0. The molecule has 0 fully saturated rings. The second kappa shape index (κ2) is 7.03. The van der Waals surface area contributed by atoms with Gasteiger partial charge in [-0.2, -0.15) is 0 Å². The van der Waals surface area contributed by atoms with E-state index in [9.17, 15) is 4.79 Å². The van der Waals surface area contributed by atoms with Crippen LogP contribution in [0.25, 0.3) is 16.6 Å². The van der Waals surface area contributed by atoms with Crippen LogP contribution in [0.2, 0.25) is 0 Å². The van der Waals surface area contributed by atoms with Gasteiger partial charge in [0.2, 0.25) is 5.91 Å². The van der Waals surface area contributed by atoms with E-state index < -0.39 is 0 Å². The van der Waals surface area contributed by atoms with Crippen LogP contribution in [0.4, 0.5) is 0 Å². The van der Waals surface area contributed by atoms with Gasteiger partial charge in [0, 0.05) is 29.5 Å². The molecule has 0 unspecified atom stereocenters. The third kappa shape index (κ3) is 3.54. The van der Waals surface area contributed by atoms with E-state index in [0.717, 1.165) is 34.8 Å². The maximum atomic E-state index is 12.5. The Morgan fingerprint density at radius 3 is 2.52 bits per heavy atom. The number of hydrogen-bond acceptors (Lipinski definition) is 3. The molecule has 2 heterocycles. The minimum atomic E-state index is 0.0594. The number of amides is 1. The second-order valence-corrected chi connectivity index (χ2v) is 7.09. The Morgan fingerprint density at radius 2 is 1.76 bits per heavy atom. The Kier molecular flexibility index (Phi) is 4.44. The molecule has 4 heteroatoms. The molecule has 2 aromatic carbocycles. The zero-order chi connectivity index (χ0) is 17.1. The third-order valence-electron chi connectivity index (χ3n) is 4.28. The molecule has 0 N–H and O–H groups in total. The monoisotopic (exact) mass is 346 g/mol. The average molecular weight is 346 g/mol. The fraction of sp³-hybridized carbons (Fsp3) is 0.143. The molecule has 1 aliphatic heterocycles. The van der Waals surface area contributed by atoms with Crippen LogP contribution in [-0.2, 0) is 17.8 Å². The van der Waals surface area contributed by atoms with Crippen molar-refractivity contribution in [3.63, 3.8) is 0 Å². The molecule has 3 nitrogen and oxygen atoms in total. The van der Waals surface area contributed by atoms with E-state index in [1.807, 2.05) is 59.5 Å². The normalized spacial score (nSPS) is 13.8. The van der Waals surface area contributed by atoms with Gasteiger partial charge in [0.25, 0.3) is 0 Å². The second-order valence-electron chi connectivity index (χ2n) is 6.01. The summed E-state index contributed by atoms with van der Waals surface area (Å²) >= 11 is 1.69. The predicted octanol–water partition coefficient (Wildman–Crippen LogP) is 4.41. The van der Waals surface area contributed by atoms with E-state index >= 15 is 0 Å². The van der Waals surface area contributed by atoms with Crippen molar-refractivity contribution in [1.82, 2.24) is 9.88 Å². The van der Waals surface area contributed by atoms with E-state index in [1.54, 1.807) is 17.4 Å². The molecule has 1 aromatic heterocycles. The fourth-order valence-electron chi connectivity index (χ4n) is 2.92. The van der Waals surface area contributed by atoms with Crippen molar-refractivity contribution in [3.05, 3.63) is 82.9 Å². The highest BCUT2D eigenvalue weighted by atomic mass is 32.1. The van der Waals surface area contributed by atoms with E-state index in [0.29, 0.717) is 6.54 Å². The largest absolute Gasteiger partial charge is 0.334 e. The van der Waals surface area contributed by atoms with Gasteiger partial charge in [-0.1, -0.05) is 60.7 Å². The lowest BCUT2D eigenvalue weighted by atomic mass is 10.1. The summed E-state index contributed by atoms with van der Waals surface area (Å²) in [7, 11) is 0. The number of carbonyl (C=O) groups is 1. The maximum absolute atomic E-state index is 12.5. The summed E-state index contributed by atoms with van der Waals surface area (Å²) in [6.07, 6.45) is 4.36. The van der Waals surface area contributed by atoms with Crippen molar-refractivity contribution in [1.29, 1.82) is 0 Å². The molecule has 0 radical (unpaired) electrons. The van der Waals surface area contributed by atoms with Gasteiger partial charge in [0.05, 0.1) is 12.2 Å². The fourth-order valence-corrected chi connectivity index (χ4v) is 4.05. The van der Waals surface area contributed by atoms with Crippen LogP contribution in [0.1, 0.15) is 16.1 Å². The summed E-state index contributed by atoms with van der Waals surface area (Å²) in [6.45, 7) is 1.38. The lowest BCUT2D eigenvalue weighted by Gasteiger charge is -2.24. The molecular weight excluding hydrogens is 328 g/mol. The third-order valence-corrected chi connectivity index (χ3v) is 5.41. The molecule has 0 atom stereocenters. The first-order chi connectivity index (χ1) is 12.3.